The maximum absolute atomic E-state index is 14.5. The lowest BCUT2D eigenvalue weighted by atomic mass is 9.80. The number of halogens is 5. The highest BCUT2D eigenvalue weighted by atomic mass is 79.9. The number of rotatable bonds is 4. The van der Waals surface area contributed by atoms with Crippen molar-refractivity contribution >= 4 is 21.9 Å². The van der Waals surface area contributed by atoms with Crippen molar-refractivity contribution < 1.29 is 32.2 Å². The van der Waals surface area contributed by atoms with Gasteiger partial charge in [-0.25, -0.2) is 18.5 Å². The van der Waals surface area contributed by atoms with Crippen LogP contribution >= 0.6 is 15.9 Å². The third-order valence-electron chi connectivity index (χ3n) is 4.71. The van der Waals surface area contributed by atoms with Crippen molar-refractivity contribution in [3.05, 3.63) is 55.0 Å². The van der Waals surface area contributed by atoms with E-state index < -0.39 is 46.2 Å². The van der Waals surface area contributed by atoms with Crippen LogP contribution in [0.4, 0.5) is 17.6 Å². The van der Waals surface area contributed by atoms with Crippen molar-refractivity contribution in [1.82, 2.24) is 9.13 Å². The summed E-state index contributed by atoms with van der Waals surface area (Å²) in [5, 5.41) is 9.38. The highest BCUT2D eigenvalue weighted by Gasteiger charge is 2.47. The van der Waals surface area contributed by atoms with E-state index in [2.05, 4.69) is 15.9 Å². The van der Waals surface area contributed by atoms with Gasteiger partial charge in [-0.1, -0.05) is 0 Å². The summed E-state index contributed by atoms with van der Waals surface area (Å²) in [6.07, 6.45) is -3.97. The topological polar surface area (TPSA) is 90.5 Å². The molecule has 1 heterocycles. The van der Waals surface area contributed by atoms with Crippen LogP contribution in [0.3, 0.4) is 0 Å². The largest absolute Gasteiger partial charge is 0.478 e. The van der Waals surface area contributed by atoms with Crippen molar-refractivity contribution in [2.24, 2.45) is 7.05 Å². The second-order valence-electron chi connectivity index (χ2n) is 6.53. The number of alkyl halides is 3. The van der Waals surface area contributed by atoms with Crippen LogP contribution < -0.4 is 16.0 Å². The van der Waals surface area contributed by atoms with Crippen LogP contribution in [0.1, 0.15) is 25.0 Å². The van der Waals surface area contributed by atoms with E-state index in [1.165, 1.54) is 0 Å². The fraction of sp³-hybridized carbons (Fsp3) is 0.353. The molecule has 0 bridgehead atoms. The van der Waals surface area contributed by atoms with Crippen LogP contribution in [0, 0.1) is 5.82 Å². The monoisotopic (exact) mass is 480 g/mol. The van der Waals surface area contributed by atoms with E-state index >= 15 is 0 Å². The molecule has 1 N–H and O–H groups in total. The minimum absolute atomic E-state index is 0.0167. The van der Waals surface area contributed by atoms with Crippen LogP contribution in [0.25, 0.3) is 5.69 Å². The van der Waals surface area contributed by atoms with Crippen molar-refractivity contribution in [1.29, 1.82) is 0 Å². The van der Waals surface area contributed by atoms with E-state index in [1.54, 1.807) is 0 Å². The van der Waals surface area contributed by atoms with Gasteiger partial charge < -0.3 is 9.84 Å². The lowest BCUT2D eigenvalue weighted by molar-refractivity contribution is -0.163. The standard InChI is InChI=1S/C17H13BrF4N2O5/c1-23-12(17(20,21)22)7-13(25)24(15(23)28)10-6-11(8(18)5-9(10)19)29-16(14(26)27)3-2-4-16/h5-7H,2-4H2,1H3,(H,26,27). The van der Waals surface area contributed by atoms with Crippen molar-refractivity contribution in [3.8, 4) is 11.4 Å². The minimum atomic E-state index is -4.96. The zero-order valence-corrected chi connectivity index (χ0v) is 16.3. The average molecular weight is 481 g/mol. The van der Waals surface area contributed by atoms with E-state index in [9.17, 15) is 37.1 Å². The molecule has 1 aromatic carbocycles. The number of nitrogens with zero attached hydrogens (tertiary/aromatic N) is 2. The van der Waals surface area contributed by atoms with Gasteiger partial charge in [0.2, 0.25) is 5.60 Å². The molecule has 156 valence electrons. The number of aromatic nitrogens is 2. The first kappa shape index (κ1) is 21.1. The second-order valence-corrected chi connectivity index (χ2v) is 7.39. The maximum atomic E-state index is 14.5. The van der Waals surface area contributed by atoms with Crippen molar-refractivity contribution in [2.75, 3.05) is 0 Å². The number of carboxylic acids is 1. The summed E-state index contributed by atoms with van der Waals surface area (Å²) in [4.78, 5) is 36.1. The van der Waals surface area contributed by atoms with Gasteiger partial charge in [0.25, 0.3) is 5.56 Å². The Labute approximate surface area is 168 Å². The smallest absolute Gasteiger partial charge is 0.431 e. The summed E-state index contributed by atoms with van der Waals surface area (Å²) in [5.74, 6) is -2.50. The molecular weight excluding hydrogens is 468 g/mol. The molecule has 2 aromatic rings. The summed E-state index contributed by atoms with van der Waals surface area (Å²) < 4.78 is 59.4. The zero-order chi connectivity index (χ0) is 21.7. The average Bonchev–Trinajstić information content (AvgIpc) is 2.56. The van der Waals surface area contributed by atoms with Gasteiger partial charge in [-0.15, -0.1) is 0 Å². The van der Waals surface area contributed by atoms with Crippen LogP contribution in [0.15, 0.2) is 32.3 Å². The molecule has 12 heteroatoms. The third-order valence-corrected chi connectivity index (χ3v) is 5.33. The van der Waals surface area contributed by atoms with Crippen LogP contribution in [0.2, 0.25) is 0 Å². The summed E-state index contributed by atoms with van der Waals surface area (Å²) in [7, 11) is 0.795. The number of hydrogen-bond donors (Lipinski definition) is 1. The molecule has 1 aromatic heterocycles. The molecule has 7 nitrogen and oxygen atoms in total. The summed E-state index contributed by atoms with van der Waals surface area (Å²) in [6.45, 7) is 0. The SMILES string of the molecule is Cn1c(C(F)(F)F)cc(=O)n(-c2cc(OC3(C(=O)O)CCC3)c(Br)cc2F)c1=O. The molecule has 1 saturated carbocycles. The Kier molecular flexibility index (Phi) is 5.10. The molecule has 0 unspecified atom stereocenters. The summed E-state index contributed by atoms with van der Waals surface area (Å²) in [5.41, 5.74) is -6.51. The fourth-order valence-corrected chi connectivity index (χ4v) is 3.35. The van der Waals surface area contributed by atoms with E-state index in [4.69, 9.17) is 4.74 Å². The van der Waals surface area contributed by atoms with Crippen molar-refractivity contribution in [2.45, 2.75) is 31.0 Å². The van der Waals surface area contributed by atoms with Crippen molar-refractivity contribution in [3.63, 3.8) is 0 Å². The molecule has 0 radical (unpaired) electrons. The molecule has 1 fully saturated rings. The predicted octanol–water partition coefficient (Wildman–Crippen LogP) is 2.84. The Balaban J connectivity index is 2.18. The van der Waals surface area contributed by atoms with Crippen LogP contribution in [0.5, 0.6) is 5.75 Å². The molecule has 0 aliphatic heterocycles. The summed E-state index contributed by atoms with van der Waals surface area (Å²) in [6, 6.07) is 1.91. The normalized spacial score (nSPS) is 15.7. The van der Waals surface area contributed by atoms with Gasteiger partial charge in [0.1, 0.15) is 17.3 Å². The first-order valence-corrected chi connectivity index (χ1v) is 8.99. The number of benzene rings is 1. The van der Waals surface area contributed by atoms with Crippen LogP contribution in [-0.2, 0) is 18.0 Å². The number of hydrogen-bond acceptors (Lipinski definition) is 4. The van der Waals surface area contributed by atoms with Gasteiger partial charge in [0.15, 0.2) is 0 Å². The van der Waals surface area contributed by atoms with E-state index in [-0.39, 0.29) is 38.3 Å². The molecule has 0 atom stereocenters. The first-order chi connectivity index (χ1) is 13.4. The Morgan fingerprint density at radius 3 is 2.34 bits per heavy atom. The van der Waals surface area contributed by atoms with Gasteiger partial charge in [-0.05, 0) is 41.3 Å². The number of ether oxygens (including phenoxy) is 1. The first-order valence-electron chi connectivity index (χ1n) is 8.19. The fourth-order valence-electron chi connectivity index (χ4n) is 2.96. The molecule has 1 aliphatic rings. The maximum Gasteiger partial charge on any atom is 0.431 e. The molecule has 0 saturated heterocycles. The second kappa shape index (κ2) is 7.01. The van der Waals surface area contributed by atoms with E-state index in [0.29, 0.717) is 6.42 Å². The molecule has 29 heavy (non-hydrogen) atoms. The molecule has 3 rings (SSSR count). The lowest BCUT2D eigenvalue weighted by Crippen LogP contribution is -2.50. The van der Waals surface area contributed by atoms with Gasteiger partial charge in [-0.3, -0.25) is 9.36 Å². The zero-order valence-electron chi connectivity index (χ0n) is 14.7. The molecule has 0 spiro atoms. The number of aliphatic carboxylic acids is 1. The van der Waals surface area contributed by atoms with Crippen LogP contribution in [-0.4, -0.2) is 25.8 Å². The Morgan fingerprint density at radius 2 is 1.86 bits per heavy atom. The third kappa shape index (κ3) is 3.56. The Hall–Kier alpha value is -2.63. The quantitative estimate of drug-likeness (QED) is 0.679. The number of carboxylic acid groups (broad SMARTS) is 1. The Morgan fingerprint density at radius 1 is 1.24 bits per heavy atom. The lowest BCUT2D eigenvalue weighted by Gasteiger charge is -2.38. The summed E-state index contributed by atoms with van der Waals surface area (Å²) >= 11 is 3.02. The molecule has 1 aliphatic carbocycles. The molecular formula is C17H13BrF4N2O5. The van der Waals surface area contributed by atoms with Gasteiger partial charge in [0.05, 0.1) is 10.2 Å². The Bertz CT molecular complexity index is 1120. The molecule has 0 amide bonds. The van der Waals surface area contributed by atoms with E-state index in [0.717, 1.165) is 19.2 Å². The van der Waals surface area contributed by atoms with Gasteiger partial charge in [0, 0.05) is 19.2 Å². The highest BCUT2D eigenvalue weighted by molar-refractivity contribution is 9.10. The van der Waals surface area contributed by atoms with Gasteiger partial charge >= 0.3 is 17.8 Å². The van der Waals surface area contributed by atoms with Gasteiger partial charge in [-0.2, -0.15) is 13.2 Å². The number of carbonyl (C=O) groups is 1. The minimum Gasteiger partial charge on any atom is -0.478 e. The predicted molar refractivity (Wildman–Crippen MR) is 94.8 cm³/mol. The van der Waals surface area contributed by atoms with E-state index in [1.807, 2.05) is 0 Å². The highest BCUT2D eigenvalue weighted by Crippen LogP contribution is 2.40.